The van der Waals surface area contributed by atoms with Crippen molar-refractivity contribution in [2.45, 2.75) is 50.6 Å². The van der Waals surface area contributed by atoms with Crippen LogP contribution < -0.4 is 33.6 Å². The van der Waals surface area contributed by atoms with Crippen LogP contribution in [0.15, 0.2) is 48.5 Å². The number of rotatable bonds is 17. The maximum absolute atomic E-state index is 6.46. The molecule has 2 rings (SSSR count). The predicted molar refractivity (Wildman–Crippen MR) is 181 cm³/mol. The Morgan fingerprint density at radius 2 is 0.974 bits per heavy atom. The smallest absolute Gasteiger partial charge is 0.00914 e. The van der Waals surface area contributed by atoms with Crippen LogP contribution in [0.5, 0.6) is 0 Å². The zero-order valence-corrected chi connectivity index (χ0v) is 26.9. The largest absolute Gasteiger partial charge is 0.330 e. The minimum atomic E-state index is 0. The molecule has 0 saturated heterocycles. The van der Waals surface area contributed by atoms with Gasteiger partial charge in [-0.05, 0) is 100 Å². The first-order valence-electron chi connectivity index (χ1n) is 12.1. The molecule has 0 spiro atoms. The van der Waals surface area contributed by atoms with Crippen LogP contribution in [-0.4, -0.2) is 51.4 Å². The van der Waals surface area contributed by atoms with Crippen LogP contribution >= 0.6 is 74.4 Å². The van der Waals surface area contributed by atoms with Crippen LogP contribution in [0, 0.1) is 0 Å². The van der Waals surface area contributed by atoms with Crippen molar-refractivity contribution in [1.29, 1.82) is 0 Å². The number of nitrogens with two attached hydrogens (primary N) is 4. The van der Waals surface area contributed by atoms with Gasteiger partial charge in [0.25, 0.3) is 0 Å². The molecular formula is C26H50Cl6N6. The maximum Gasteiger partial charge on any atom is 0.00914 e. The number of benzene rings is 2. The van der Waals surface area contributed by atoms with Crippen molar-refractivity contribution in [1.82, 2.24) is 10.6 Å². The molecule has 2 aromatic rings. The van der Waals surface area contributed by atoms with Crippen LogP contribution in [0.4, 0.5) is 0 Å². The minimum Gasteiger partial charge on any atom is -0.330 e. The van der Waals surface area contributed by atoms with Gasteiger partial charge in [0.1, 0.15) is 0 Å². The fourth-order valence-electron chi connectivity index (χ4n) is 3.88. The summed E-state index contributed by atoms with van der Waals surface area (Å²) in [7, 11) is 0. The zero-order valence-electron chi connectivity index (χ0n) is 22.0. The van der Waals surface area contributed by atoms with Crippen molar-refractivity contribution >= 4 is 74.4 Å². The van der Waals surface area contributed by atoms with E-state index in [1.807, 2.05) is 0 Å². The minimum absolute atomic E-state index is 0. The van der Waals surface area contributed by atoms with E-state index in [-0.39, 0.29) is 86.5 Å². The lowest BCUT2D eigenvalue weighted by Crippen LogP contribution is -2.30. The first kappa shape index (κ1) is 47.7. The van der Waals surface area contributed by atoms with E-state index in [0.29, 0.717) is 0 Å². The Kier molecular flexibility index (Phi) is 37.6. The highest BCUT2D eigenvalue weighted by atomic mass is 35.5. The molecule has 0 heterocycles. The monoisotopic (exact) mass is 656 g/mol. The summed E-state index contributed by atoms with van der Waals surface area (Å²) in [5.74, 6) is 0. The quantitative estimate of drug-likeness (QED) is 0.141. The molecule has 10 N–H and O–H groups in total. The molecule has 0 aliphatic heterocycles. The van der Waals surface area contributed by atoms with Gasteiger partial charge in [0.05, 0.1) is 0 Å². The molecule has 0 bridgehead atoms. The second-order valence-electron chi connectivity index (χ2n) is 8.69. The van der Waals surface area contributed by atoms with E-state index in [1.54, 1.807) is 0 Å². The van der Waals surface area contributed by atoms with Crippen molar-refractivity contribution in [3.63, 3.8) is 0 Å². The van der Waals surface area contributed by atoms with E-state index >= 15 is 0 Å². The first-order valence-corrected chi connectivity index (χ1v) is 12.1. The van der Waals surface area contributed by atoms with E-state index in [2.05, 4.69) is 59.2 Å². The Morgan fingerprint density at radius 3 is 1.37 bits per heavy atom. The molecule has 226 valence electrons. The van der Waals surface area contributed by atoms with Crippen molar-refractivity contribution in [2.24, 2.45) is 22.9 Å². The fourth-order valence-corrected chi connectivity index (χ4v) is 3.88. The maximum atomic E-state index is 6.46. The van der Waals surface area contributed by atoms with Gasteiger partial charge in [-0.2, -0.15) is 0 Å². The Morgan fingerprint density at radius 1 is 0.553 bits per heavy atom. The van der Waals surface area contributed by atoms with E-state index in [0.717, 1.165) is 77.8 Å². The van der Waals surface area contributed by atoms with Crippen LogP contribution in [-0.2, 0) is 12.8 Å². The summed E-state index contributed by atoms with van der Waals surface area (Å²) in [6.45, 7) is 5.20. The Labute approximate surface area is 267 Å². The van der Waals surface area contributed by atoms with Gasteiger partial charge in [-0.3, -0.25) is 0 Å². The Bertz CT molecular complexity index is 720. The van der Waals surface area contributed by atoms with Gasteiger partial charge in [0.15, 0.2) is 0 Å². The summed E-state index contributed by atoms with van der Waals surface area (Å²) in [5.41, 5.74) is 29.0. The summed E-state index contributed by atoms with van der Waals surface area (Å²) < 4.78 is 0. The third-order valence-corrected chi connectivity index (χ3v) is 5.65. The predicted octanol–water partition coefficient (Wildman–Crippen LogP) is 4.28. The summed E-state index contributed by atoms with van der Waals surface area (Å²) in [6, 6.07) is 17.6. The summed E-state index contributed by atoms with van der Waals surface area (Å²) in [6.07, 6.45) is 5.62. The second kappa shape index (κ2) is 29.9. The number of halogens is 6. The van der Waals surface area contributed by atoms with Gasteiger partial charge in [-0.15, -0.1) is 74.4 Å². The van der Waals surface area contributed by atoms with Crippen LogP contribution in [0.25, 0.3) is 11.1 Å². The molecule has 38 heavy (non-hydrogen) atoms. The Balaban J connectivity index is -0.000000605. The molecule has 0 radical (unpaired) electrons. The van der Waals surface area contributed by atoms with Gasteiger partial charge >= 0.3 is 0 Å². The lowest BCUT2D eigenvalue weighted by molar-refractivity contribution is 0.549. The first-order chi connectivity index (χ1) is 15.6. The van der Waals surface area contributed by atoms with Gasteiger partial charge in [-0.25, -0.2) is 0 Å². The lowest BCUT2D eigenvalue weighted by atomic mass is 9.93. The van der Waals surface area contributed by atoms with Crippen molar-refractivity contribution < 1.29 is 0 Å². The van der Waals surface area contributed by atoms with E-state index in [9.17, 15) is 0 Å². The van der Waals surface area contributed by atoms with Crippen molar-refractivity contribution in [2.75, 3.05) is 39.3 Å². The molecule has 0 aliphatic carbocycles. The molecule has 6 nitrogen and oxygen atoms in total. The van der Waals surface area contributed by atoms with E-state index in [1.165, 1.54) is 22.3 Å². The van der Waals surface area contributed by atoms with Crippen LogP contribution in [0.2, 0.25) is 0 Å². The highest BCUT2D eigenvalue weighted by Gasteiger charge is 2.11. The molecule has 0 saturated carbocycles. The zero-order chi connectivity index (χ0) is 23.0. The second-order valence-corrected chi connectivity index (χ2v) is 8.69. The highest BCUT2D eigenvalue weighted by Crippen LogP contribution is 2.24. The van der Waals surface area contributed by atoms with Crippen molar-refractivity contribution in [3.8, 4) is 11.1 Å². The molecule has 0 aromatic heterocycles. The van der Waals surface area contributed by atoms with Gasteiger partial charge in [0, 0.05) is 12.1 Å². The molecule has 0 amide bonds. The standard InChI is InChI=1S/C26H44N6.6ClH/c27-10-4-12-31-14-8-25(29)19-21-16-22(20-26(30)9-15-32-13-5-11-28)18-24(17-21)23-6-2-1-3-7-23;;;;;;/h1-3,6-7,16-18,25-26,31-32H,4-5,8-15,19-20,27-30H2;6*1H. The molecule has 0 fully saturated rings. The summed E-state index contributed by atoms with van der Waals surface area (Å²) in [5, 5.41) is 6.84. The molecule has 2 unspecified atom stereocenters. The van der Waals surface area contributed by atoms with E-state index in [4.69, 9.17) is 22.9 Å². The van der Waals surface area contributed by atoms with Crippen LogP contribution in [0.3, 0.4) is 0 Å². The number of hydrogen-bond acceptors (Lipinski definition) is 6. The third-order valence-electron chi connectivity index (χ3n) is 5.65. The summed E-state index contributed by atoms with van der Waals surface area (Å²) >= 11 is 0. The summed E-state index contributed by atoms with van der Waals surface area (Å²) in [4.78, 5) is 0. The third kappa shape index (κ3) is 20.8. The highest BCUT2D eigenvalue weighted by molar-refractivity contribution is 5.86. The molecular weight excluding hydrogens is 609 g/mol. The number of nitrogens with one attached hydrogen (secondary N) is 2. The fraction of sp³-hybridized carbons (Fsp3) is 0.538. The normalized spacial score (nSPS) is 11.2. The van der Waals surface area contributed by atoms with Gasteiger partial charge in [-0.1, -0.05) is 48.5 Å². The molecule has 12 heteroatoms. The topological polar surface area (TPSA) is 128 Å². The van der Waals surface area contributed by atoms with Crippen molar-refractivity contribution in [3.05, 3.63) is 59.7 Å². The Hall–Kier alpha value is -0.0600. The lowest BCUT2D eigenvalue weighted by Gasteiger charge is -2.17. The molecule has 2 atom stereocenters. The van der Waals surface area contributed by atoms with Gasteiger partial charge < -0.3 is 33.6 Å². The van der Waals surface area contributed by atoms with Crippen LogP contribution in [0.1, 0.15) is 36.8 Å². The average molecular weight is 659 g/mol. The molecule has 2 aromatic carbocycles. The van der Waals surface area contributed by atoms with Gasteiger partial charge in [0.2, 0.25) is 0 Å². The van der Waals surface area contributed by atoms with E-state index < -0.39 is 0 Å². The molecule has 0 aliphatic rings. The average Bonchev–Trinajstić information content (AvgIpc) is 2.79. The number of hydrogen-bond donors (Lipinski definition) is 6. The SMILES string of the molecule is Cl.Cl.Cl.Cl.Cl.Cl.NCCCNCCC(N)Cc1cc(CC(N)CCNCCCN)cc(-c2ccccc2)c1.